The first-order valence-electron chi connectivity index (χ1n) is 12.9. The number of carbonyl (C=O) groups is 2. The fraction of sp³-hybridized carbons (Fsp3) is 0.367. The lowest BCUT2D eigenvalue weighted by atomic mass is 10.1. The molecule has 0 atom stereocenters. The lowest BCUT2D eigenvalue weighted by Gasteiger charge is -2.26. The molecule has 0 radical (unpaired) electrons. The molecule has 1 saturated carbocycles. The predicted octanol–water partition coefficient (Wildman–Crippen LogP) is 5.49. The number of anilines is 1. The monoisotopic (exact) mass is 516 g/mol. The van der Waals surface area contributed by atoms with Gasteiger partial charge in [0.15, 0.2) is 0 Å². The third-order valence-electron chi connectivity index (χ3n) is 6.56. The standard InChI is InChI=1S/C26H25ClN4O2.C4H8/c27-22-10-9-21-17-29-25(30-18-32)23(24(21)16-22)11-6-19-4-7-20(8-5-19)26(33)28-12-15-31-13-2-1-3-14-31;1-4-2-3-4/h4-5,7-10,16-18H,1-3,12-15H2,(H,28,33)(H,29,30,32);4H,2-3H2,1H3. The van der Waals surface area contributed by atoms with Crippen molar-refractivity contribution in [2.45, 2.75) is 39.0 Å². The molecule has 2 N–H and O–H groups in total. The number of aromatic nitrogens is 1. The van der Waals surface area contributed by atoms with E-state index in [1.165, 1.54) is 32.1 Å². The molecule has 2 heterocycles. The minimum atomic E-state index is -0.0862. The Labute approximate surface area is 223 Å². The van der Waals surface area contributed by atoms with E-state index in [2.05, 4.69) is 39.3 Å². The Balaban J connectivity index is 0.000000730. The van der Waals surface area contributed by atoms with Gasteiger partial charge in [-0.2, -0.15) is 0 Å². The van der Waals surface area contributed by atoms with E-state index in [4.69, 9.17) is 11.6 Å². The van der Waals surface area contributed by atoms with Crippen LogP contribution in [0.2, 0.25) is 5.02 Å². The van der Waals surface area contributed by atoms with Crippen LogP contribution >= 0.6 is 11.6 Å². The van der Waals surface area contributed by atoms with Crippen LogP contribution in [-0.2, 0) is 4.79 Å². The van der Waals surface area contributed by atoms with Gasteiger partial charge in [-0.05, 0) is 68.2 Å². The molecule has 3 aromatic rings. The normalized spacial score (nSPS) is 15.1. The molecule has 0 spiro atoms. The number of nitrogens with zero attached hydrogens (tertiary/aromatic N) is 2. The molecule has 192 valence electrons. The van der Waals surface area contributed by atoms with Crippen LogP contribution in [0.15, 0.2) is 48.7 Å². The Kier molecular flexibility index (Phi) is 9.53. The third kappa shape index (κ3) is 8.04. The van der Waals surface area contributed by atoms with E-state index in [0.29, 0.717) is 34.9 Å². The smallest absolute Gasteiger partial charge is 0.251 e. The van der Waals surface area contributed by atoms with Crippen molar-refractivity contribution < 1.29 is 9.59 Å². The van der Waals surface area contributed by atoms with Gasteiger partial charge in [0.25, 0.3) is 5.91 Å². The van der Waals surface area contributed by atoms with Crippen LogP contribution in [0.1, 0.15) is 60.5 Å². The van der Waals surface area contributed by atoms with Gasteiger partial charge >= 0.3 is 0 Å². The summed E-state index contributed by atoms with van der Waals surface area (Å²) in [6.07, 6.45) is 9.00. The Morgan fingerprint density at radius 1 is 1.11 bits per heavy atom. The van der Waals surface area contributed by atoms with Gasteiger partial charge in [0.2, 0.25) is 6.41 Å². The summed E-state index contributed by atoms with van der Waals surface area (Å²) >= 11 is 6.17. The molecule has 5 rings (SSSR count). The summed E-state index contributed by atoms with van der Waals surface area (Å²) in [6.45, 7) is 6.04. The van der Waals surface area contributed by atoms with Crippen molar-refractivity contribution in [2.24, 2.45) is 5.92 Å². The zero-order valence-corrected chi connectivity index (χ0v) is 22.0. The van der Waals surface area contributed by atoms with Gasteiger partial charge in [-0.1, -0.05) is 55.7 Å². The molecule has 1 aromatic heterocycles. The topological polar surface area (TPSA) is 74.3 Å². The number of amides is 2. The Hall–Kier alpha value is -3.40. The largest absolute Gasteiger partial charge is 0.351 e. The first-order valence-corrected chi connectivity index (χ1v) is 13.3. The van der Waals surface area contributed by atoms with Crippen LogP contribution in [0, 0.1) is 17.8 Å². The zero-order chi connectivity index (χ0) is 26.0. The summed E-state index contributed by atoms with van der Waals surface area (Å²) in [5, 5.41) is 7.84. The number of halogens is 1. The van der Waals surface area contributed by atoms with Gasteiger partial charge in [-0.3, -0.25) is 9.59 Å². The SMILES string of the molecule is CC1CC1.O=CNc1ncc2ccc(Cl)cc2c1C#Cc1ccc(C(=O)NCCN2CCCCC2)cc1. The lowest BCUT2D eigenvalue weighted by Crippen LogP contribution is -2.37. The molecule has 2 aliphatic rings. The highest BCUT2D eigenvalue weighted by molar-refractivity contribution is 6.31. The van der Waals surface area contributed by atoms with Gasteiger partial charge < -0.3 is 15.5 Å². The van der Waals surface area contributed by atoms with E-state index < -0.39 is 0 Å². The van der Waals surface area contributed by atoms with Crippen molar-refractivity contribution >= 4 is 40.5 Å². The summed E-state index contributed by atoms with van der Waals surface area (Å²) in [4.78, 5) is 30.1. The van der Waals surface area contributed by atoms with E-state index in [0.717, 1.165) is 41.9 Å². The highest BCUT2D eigenvalue weighted by Crippen LogP contribution is 2.27. The first kappa shape index (κ1) is 26.7. The second-order valence-electron chi connectivity index (χ2n) is 9.64. The molecule has 1 aliphatic heterocycles. The fourth-order valence-corrected chi connectivity index (χ4v) is 4.27. The van der Waals surface area contributed by atoms with Crippen molar-refractivity contribution in [1.82, 2.24) is 15.2 Å². The van der Waals surface area contributed by atoms with Crippen molar-refractivity contribution in [2.75, 3.05) is 31.5 Å². The molecular weight excluding hydrogens is 484 g/mol. The fourth-order valence-electron chi connectivity index (χ4n) is 4.09. The van der Waals surface area contributed by atoms with E-state index in [9.17, 15) is 9.59 Å². The molecule has 1 aliphatic carbocycles. The summed E-state index contributed by atoms with van der Waals surface area (Å²) < 4.78 is 0. The maximum Gasteiger partial charge on any atom is 0.251 e. The highest BCUT2D eigenvalue weighted by Gasteiger charge is 2.13. The predicted molar refractivity (Wildman–Crippen MR) is 150 cm³/mol. The van der Waals surface area contributed by atoms with E-state index >= 15 is 0 Å². The molecule has 0 unspecified atom stereocenters. The first-order chi connectivity index (χ1) is 18.0. The lowest BCUT2D eigenvalue weighted by molar-refractivity contribution is -0.105. The molecule has 37 heavy (non-hydrogen) atoms. The van der Waals surface area contributed by atoms with Crippen molar-refractivity contribution in [3.8, 4) is 11.8 Å². The highest BCUT2D eigenvalue weighted by atomic mass is 35.5. The van der Waals surface area contributed by atoms with Gasteiger partial charge in [0.1, 0.15) is 5.82 Å². The molecule has 1 saturated heterocycles. The quantitative estimate of drug-likeness (QED) is 0.335. The number of carbonyl (C=O) groups excluding carboxylic acids is 2. The van der Waals surface area contributed by atoms with Crippen molar-refractivity contribution in [1.29, 1.82) is 0 Å². The van der Waals surface area contributed by atoms with Crippen LogP contribution in [0.5, 0.6) is 0 Å². The number of pyridine rings is 1. The molecule has 2 aromatic carbocycles. The molecule has 2 amide bonds. The van der Waals surface area contributed by atoms with E-state index in [1.807, 2.05) is 18.2 Å². The Bertz CT molecular complexity index is 1290. The van der Waals surface area contributed by atoms with Crippen molar-refractivity contribution in [3.63, 3.8) is 0 Å². The van der Waals surface area contributed by atoms with Crippen LogP contribution in [0.25, 0.3) is 10.8 Å². The van der Waals surface area contributed by atoms with Gasteiger partial charge in [-0.15, -0.1) is 0 Å². The number of hydrogen-bond donors (Lipinski definition) is 2. The second kappa shape index (κ2) is 13.2. The van der Waals surface area contributed by atoms with Crippen LogP contribution < -0.4 is 10.6 Å². The summed E-state index contributed by atoms with van der Waals surface area (Å²) in [5.74, 6) is 7.57. The number of likely N-dealkylation sites (tertiary alicyclic amines) is 1. The number of nitrogens with one attached hydrogen (secondary N) is 2. The van der Waals surface area contributed by atoms with E-state index in [-0.39, 0.29) is 5.91 Å². The maximum atomic E-state index is 12.4. The average Bonchev–Trinajstić information content (AvgIpc) is 3.71. The average molecular weight is 517 g/mol. The van der Waals surface area contributed by atoms with Crippen LogP contribution in [0.4, 0.5) is 5.82 Å². The number of piperidine rings is 1. The summed E-state index contributed by atoms with van der Waals surface area (Å²) in [5.41, 5.74) is 1.93. The minimum absolute atomic E-state index is 0.0862. The Morgan fingerprint density at radius 3 is 2.51 bits per heavy atom. The summed E-state index contributed by atoms with van der Waals surface area (Å²) in [7, 11) is 0. The van der Waals surface area contributed by atoms with Gasteiger partial charge in [0, 0.05) is 46.2 Å². The molecule has 2 fully saturated rings. The minimum Gasteiger partial charge on any atom is -0.351 e. The Morgan fingerprint density at radius 2 is 1.84 bits per heavy atom. The van der Waals surface area contributed by atoms with Crippen molar-refractivity contribution in [3.05, 3.63) is 70.4 Å². The summed E-state index contributed by atoms with van der Waals surface area (Å²) in [6, 6.07) is 12.6. The van der Waals surface area contributed by atoms with Crippen LogP contribution in [-0.4, -0.2) is 48.4 Å². The van der Waals surface area contributed by atoms with Gasteiger partial charge in [0.05, 0.1) is 5.56 Å². The number of benzene rings is 2. The van der Waals surface area contributed by atoms with E-state index in [1.54, 1.807) is 30.5 Å². The number of rotatable bonds is 6. The molecule has 7 heteroatoms. The van der Waals surface area contributed by atoms with Crippen LogP contribution in [0.3, 0.4) is 0 Å². The third-order valence-corrected chi connectivity index (χ3v) is 6.79. The number of fused-ring (bicyclic) bond motifs is 1. The molecular formula is C30H33ClN4O2. The maximum absolute atomic E-state index is 12.4. The van der Waals surface area contributed by atoms with Gasteiger partial charge in [-0.25, -0.2) is 4.98 Å². The number of hydrogen-bond acceptors (Lipinski definition) is 4. The second-order valence-corrected chi connectivity index (χ2v) is 10.1. The zero-order valence-electron chi connectivity index (χ0n) is 21.2. The molecule has 6 nitrogen and oxygen atoms in total. The molecule has 0 bridgehead atoms.